The highest BCUT2D eigenvalue weighted by Gasteiger charge is 2.16. The molecule has 0 aliphatic heterocycles. The van der Waals surface area contributed by atoms with E-state index in [1.807, 2.05) is 42.5 Å². The van der Waals surface area contributed by atoms with E-state index < -0.39 is 0 Å². The first kappa shape index (κ1) is 16.8. The number of nitrogens with one attached hydrogen (secondary N) is 1. The molecule has 4 nitrogen and oxygen atoms in total. The van der Waals surface area contributed by atoms with Crippen LogP contribution in [0.15, 0.2) is 96.3 Å². The normalized spacial score (nSPS) is 11.1. The Balaban J connectivity index is 1.53. The third-order valence-corrected chi connectivity index (χ3v) is 5.69. The minimum atomic E-state index is 0.823. The monoisotopic (exact) mass is 382 g/mol. The average molecular weight is 382 g/mol. The minimum Gasteiger partial charge on any atom is -0.361 e. The number of thioether (sulfide) groups is 1. The average Bonchev–Trinajstić information content (AvgIpc) is 3.38. The van der Waals surface area contributed by atoms with Crippen LogP contribution in [0.3, 0.4) is 0 Å². The molecule has 3 aromatic carbocycles. The van der Waals surface area contributed by atoms with Gasteiger partial charge < -0.3 is 4.98 Å². The zero-order valence-corrected chi connectivity index (χ0v) is 15.9. The topological polar surface area (TPSA) is 46.5 Å². The Bertz CT molecular complexity index is 1210. The van der Waals surface area contributed by atoms with Gasteiger partial charge in [-0.25, -0.2) is 0 Å². The molecule has 0 spiro atoms. The smallest absolute Gasteiger partial charge is 0.196 e. The third kappa shape index (κ3) is 3.10. The molecule has 0 aliphatic carbocycles. The largest absolute Gasteiger partial charge is 0.361 e. The first-order valence-corrected chi connectivity index (χ1v) is 10.1. The number of aromatic amines is 1. The van der Waals surface area contributed by atoms with Crippen molar-refractivity contribution in [3.63, 3.8) is 0 Å². The van der Waals surface area contributed by atoms with Gasteiger partial charge in [-0.3, -0.25) is 4.57 Å². The summed E-state index contributed by atoms with van der Waals surface area (Å²) in [7, 11) is 0. The van der Waals surface area contributed by atoms with Crippen LogP contribution in [0.25, 0.3) is 28.0 Å². The van der Waals surface area contributed by atoms with Crippen molar-refractivity contribution in [1.82, 2.24) is 19.7 Å². The van der Waals surface area contributed by atoms with Crippen LogP contribution in [0.1, 0.15) is 5.56 Å². The number of hydrogen-bond donors (Lipinski definition) is 1. The maximum absolute atomic E-state index is 4.51. The standard InChI is InChI=1S/C23H18N4S/c1-3-9-17(10-4-1)22-25-26-23(27(22)19-11-5-2-6-12-19)28-16-18-15-24-21-14-8-7-13-20(18)21/h1-15,24H,16H2. The number of H-pyrrole nitrogens is 1. The van der Waals surface area contributed by atoms with Crippen molar-refractivity contribution in [2.75, 3.05) is 0 Å². The van der Waals surface area contributed by atoms with Gasteiger partial charge in [-0.2, -0.15) is 0 Å². The Hall–Kier alpha value is -3.31. The Morgan fingerprint density at radius 2 is 1.50 bits per heavy atom. The predicted molar refractivity (Wildman–Crippen MR) is 115 cm³/mol. The van der Waals surface area contributed by atoms with E-state index in [9.17, 15) is 0 Å². The van der Waals surface area contributed by atoms with E-state index >= 15 is 0 Å². The van der Waals surface area contributed by atoms with E-state index in [2.05, 4.69) is 68.4 Å². The Labute approximate surface area is 167 Å². The lowest BCUT2D eigenvalue weighted by molar-refractivity contribution is 0.886. The first-order valence-electron chi connectivity index (χ1n) is 9.14. The Morgan fingerprint density at radius 3 is 2.32 bits per heavy atom. The second kappa shape index (κ2) is 7.37. The van der Waals surface area contributed by atoms with Gasteiger partial charge in [-0.1, -0.05) is 78.5 Å². The second-order valence-corrected chi connectivity index (χ2v) is 7.43. The maximum atomic E-state index is 4.51. The molecule has 0 unspecified atom stereocenters. The van der Waals surface area contributed by atoms with Crippen molar-refractivity contribution in [2.45, 2.75) is 10.9 Å². The molecule has 136 valence electrons. The van der Waals surface area contributed by atoms with E-state index in [1.165, 1.54) is 10.9 Å². The van der Waals surface area contributed by atoms with Gasteiger partial charge in [0.1, 0.15) is 0 Å². The summed E-state index contributed by atoms with van der Waals surface area (Å²) in [5.41, 5.74) is 4.54. The van der Waals surface area contributed by atoms with Crippen molar-refractivity contribution >= 4 is 22.7 Å². The lowest BCUT2D eigenvalue weighted by atomic mass is 10.2. The fourth-order valence-corrected chi connectivity index (χ4v) is 4.28. The van der Waals surface area contributed by atoms with E-state index in [0.717, 1.165) is 33.5 Å². The highest BCUT2D eigenvalue weighted by atomic mass is 32.2. The number of benzene rings is 3. The molecular formula is C23H18N4S. The lowest BCUT2D eigenvalue weighted by Gasteiger charge is -2.10. The summed E-state index contributed by atoms with van der Waals surface area (Å²) >= 11 is 1.70. The summed E-state index contributed by atoms with van der Waals surface area (Å²) < 4.78 is 2.13. The van der Waals surface area contributed by atoms with Gasteiger partial charge in [0.2, 0.25) is 0 Å². The summed E-state index contributed by atoms with van der Waals surface area (Å²) in [5, 5.41) is 11.2. The van der Waals surface area contributed by atoms with E-state index in [1.54, 1.807) is 11.8 Å². The third-order valence-electron chi connectivity index (χ3n) is 4.71. The van der Waals surface area contributed by atoms with Crippen molar-refractivity contribution in [3.05, 3.63) is 96.7 Å². The fraction of sp³-hybridized carbons (Fsp3) is 0.0435. The SMILES string of the molecule is c1ccc(-c2nnc(SCc3c[nH]c4ccccc34)n2-c2ccccc2)cc1. The van der Waals surface area contributed by atoms with Crippen LogP contribution in [0.5, 0.6) is 0 Å². The number of nitrogens with zero attached hydrogens (tertiary/aromatic N) is 3. The van der Waals surface area contributed by atoms with Crippen LogP contribution >= 0.6 is 11.8 Å². The van der Waals surface area contributed by atoms with E-state index in [4.69, 9.17) is 0 Å². The fourth-order valence-electron chi connectivity index (χ4n) is 3.34. The minimum absolute atomic E-state index is 0.823. The van der Waals surface area contributed by atoms with Crippen LogP contribution in [0.2, 0.25) is 0 Å². The summed E-state index contributed by atoms with van der Waals surface area (Å²) in [6.07, 6.45) is 2.08. The van der Waals surface area contributed by atoms with E-state index in [-0.39, 0.29) is 0 Å². The summed E-state index contributed by atoms with van der Waals surface area (Å²) in [6, 6.07) is 28.9. The molecule has 5 rings (SSSR count). The summed E-state index contributed by atoms with van der Waals surface area (Å²) in [6.45, 7) is 0. The van der Waals surface area contributed by atoms with Gasteiger partial charge in [-0.15, -0.1) is 10.2 Å². The van der Waals surface area contributed by atoms with Gasteiger partial charge in [0, 0.05) is 34.1 Å². The molecule has 0 radical (unpaired) electrons. The molecule has 0 amide bonds. The lowest BCUT2D eigenvalue weighted by Crippen LogP contribution is -1.99. The van der Waals surface area contributed by atoms with Crippen LogP contribution in [-0.4, -0.2) is 19.7 Å². The predicted octanol–water partition coefficient (Wildman–Crippen LogP) is 5.71. The quantitative estimate of drug-likeness (QED) is 0.396. The molecule has 2 aromatic heterocycles. The summed E-state index contributed by atoms with van der Waals surface area (Å²) in [5.74, 6) is 1.68. The van der Waals surface area contributed by atoms with Gasteiger partial charge in [-0.05, 0) is 23.8 Å². The Kier molecular flexibility index (Phi) is 4.43. The molecule has 1 N–H and O–H groups in total. The molecular weight excluding hydrogens is 364 g/mol. The molecule has 2 heterocycles. The number of hydrogen-bond acceptors (Lipinski definition) is 3. The molecule has 5 heteroatoms. The molecule has 0 fully saturated rings. The number of rotatable bonds is 5. The molecule has 28 heavy (non-hydrogen) atoms. The van der Waals surface area contributed by atoms with Crippen LogP contribution in [-0.2, 0) is 5.75 Å². The maximum Gasteiger partial charge on any atom is 0.196 e. The molecule has 5 aromatic rings. The zero-order valence-electron chi connectivity index (χ0n) is 15.1. The highest BCUT2D eigenvalue weighted by molar-refractivity contribution is 7.98. The molecule has 0 atom stereocenters. The van der Waals surface area contributed by atoms with Crippen molar-refractivity contribution in [2.24, 2.45) is 0 Å². The van der Waals surface area contributed by atoms with Crippen molar-refractivity contribution < 1.29 is 0 Å². The van der Waals surface area contributed by atoms with Crippen LogP contribution < -0.4 is 0 Å². The van der Waals surface area contributed by atoms with Gasteiger partial charge in [0.05, 0.1) is 0 Å². The van der Waals surface area contributed by atoms with Gasteiger partial charge >= 0.3 is 0 Å². The second-order valence-electron chi connectivity index (χ2n) is 6.49. The summed E-state index contributed by atoms with van der Waals surface area (Å²) in [4.78, 5) is 3.35. The molecule has 0 aliphatic rings. The van der Waals surface area contributed by atoms with Gasteiger partial charge in [0.15, 0.2) is 11.0 Å². The van der Waals surface area contributed by atoms with Crippen LogP contribution in [0, 0.1) is 0 Å². The van der Waals surface area contributed by atoms with Crippen molar-refractivity contribution in [1.29, 1.82) is 0 Å². The number of para-hydroxylation sites is 2. The number of fused-ring (bicyclic) bond motifs is 1. The zero-order chi connectivity index (χ0) is 18.8. The first-order chi connectivity index (χ1) is 13.9. The molecule has 0 saturated carbocycles. The molecule has 0 saturated heterocycles. The number of aromatic nitrogens is 4. The highest BCUT2D eigenvalue weighted by Crippen LogP contribution is 2.31. The van der Waals surface area contributed by atoms with Crippen LogP contribution in [0.4, 0.5) is 0 Å². The van der Waals surface area contributed by atoms with Gasteiger partial charge in [0.25, 0.3) is 0 Å². The molecule has 0 bridgehead atoms. The van der Waals surface area contributed by atoms with Crippen molar-refractivity contribution in [3.8, 4) is 17.1 Å². The Morgan fingerprint density at radius 1 is 0.786 bits per heavy atom. The van der Waals surface area contributed by atoms with E-state index in [0.29, 0.717) is 0 Å².